The molecule has 8 nitrogen and oxygen atoms in total. The quantitative estimate of drug-likeness (QED) is 0.606. The number of nitrogens with zero attached hydrogens (tertiary/aromatic N) is 2. The molecule has 2 rings (SSSR count). The third kappa shape index (κ3) is 4.77. The molecule has 1 N–H and O–H groups in total. The molecule has 0 aliphatic carbocycles. The van der Waals surface area contributed by atoms with Crippen LogP contribution in [0.15, 0.2) is 34.5 Å². The number of likely N-dealkylation sites (N-methyl/N-ethyl adjacent to an activating group) is 1. The fraction of sp³-hybridized carbons (Fsp3) is 0.267. The third-order valence-electron chi connectivity index (χ3n) is 3.30. The summed E-state index contributed by atoms with van der Waals surface area (Å²) in [4.78, 5) is 24.0. The summed E-state index contributed by atoms with van der Waals surface area (Å²) in [7, 11) is -2.07. The number of carbonyl (C=O) groups is 1. The van der Waals surface area contributed by atoms with Crippen molar-refractivity contribution in [3.63, 3.8) is 0 Å². The van der Waals surface area contributed by atoms with Gasteiger partial charge in [-0.3, -0.25) is 14.9 Å². The molecule has 0 aliphatic heterocycles. The van der Waals surface area contributed by atoms with Gasteiger partial charge in [-0.15, -0.1) is 0 Å². The van der Waals surface area contributed by atoms with Crippen LogP contribution in [0, 0.1) is 17.0 Å². The standard InChI is InChI=1S/C15H17N3O5S2/c1-10-4-6-11(7-5-10)16-13(19)9-17(2)15-12(18(20)21)8-14(24-15)25(3,22)23/h4-8H,9H2,1-3H3,(H,16,19). The molecule has 0 radical (unpaired) electrons. The first kappa shape index (κ1) is 18.9. The van der Waals surface area contributed by atoms with Crippen molar-refractivity contribution in [1.29, 1.82) is 0 Å². The number of hydrogen-bond acceptors (Lipinski definition) is 7. The zero-order chi connectivity index (χ0) is 18.8. The van der Waals surface area contributed by atoms with Crippen LogP contribution in [0.2, 0.25) is 0 Å². The minimum absolute atomic E-state index is 0.111. The van der Waals surface area contributed by atoms with Crippen LogP contribution in [0.1, 0.15) is 5.56 Å². The number of sulfone groups is 1. The Bertz CT molecular complexity index is 904. The molecule has 0 saturated heterocycles. The summed E-state index contributed by atoms with van der Waals surface area (Å²) in [6, 6.07) is 8.22. The molecule has 0 spiro atoms. The number of benzene rings is 1. The lowest BCUT2D eigenvalue weighted by atomic mass is 10.2. The first-order valence-corrected chi connectivity index (χ1v) is 9.84. The van der Waals surface area contributed by atoms with E-state index in [2.05, 4.69) is 5.32 Å². The van der Waals surface area contributed by atoms with E-state index in [-0.39, 0.29) is 27.3 Å². The van der Waals surface area contributed by atoms with Crippen molar-refractivity contribution in [2.75, 3.05) is 30.1 Å². The van der Waals surface area contributed by atoms with E-state index < -0.39 is 14.8 Å². The average molecular weight is 383 g/mol. The maximum atomic E-state index is 12.1. The van der Waals surface area contributed by atoms with Gasteiger partial charge in [0.05, 0.1) is 11.5 Å². The highest BCUT2D eigenvalue weighted by atomic mass is 32.2. The fourth-order valence-corrected chi connectivity index (χ4v) is 4.05. The summed E-state index contributed by atoms with van der Waals surface area (Å²) in [5.74, 6) is -0.366. The van der Waals surface area contributed by atoms with Crippen molar-refractivity contribution in [2.45, 2.75) is 11.1 Å². The van der Waals surface area contributed by atoms with Crippen LogP contribution in [-0.4, -0.2) is 39.1 Å². The number of hydrogen-bond donors (Lipinski definition) is 1. The Morgan fingerprint density at radius 1 is 1.32 bits per heavy atom. The highest BCUT2D eigenvalue weighted by molar-refractivity contribution is 7.92. The van der Waals surface area contributed by atoms with Crippen molar-refractivity contribution in [3.8, 4) is 0 Å². The highest BCUT2D eigenvalue weighted by Crippen LogP contribution is 2.39. The number of anilines is 2. The van der Waals surface area contributed by atoms with Gasteiger partial charge in [-0.1, -0.05) is 29.0 Å². The van der Waals surface area contributed by atoms with Gasteiger partial charge in [-0.05, 0) is 19.1 Å². The SMILES string of the molecule is Cc1ccc(NC(=O)CN(C)c2sc(S(C)(=O)=O)cc2[N+](=O)[O-])cc1. The Hall–Kier alpha value is -2.46. The first-order chi connectivity index (χ1) is 11.6. The zero-order valence-electron chi connectivity index (χ0n) is 13.8. The Kier molecular flexibility index (Phi) is 5.43. The van der Waals surface area contributed by atoms with E-state index in [9.17, 15) is 23.3 Å². The van der Waals surface area contributed by atoms with Crippen LogP contribution in [0.25, 0.3) is 0 Å². The number of amides is 1. The molecule has 0 bridgehead atoms. The van der Waals surface area contributed by atoms with E-state index >= 15 is 0 Å². The van der Waals surface area contributed by atoms with Gasteiger partial charge < -0.3 is 10.2 Å². The monoisotopic (exact) mass is 383 g/mol. The van der Waals surface area contributed by atoms with E-state index in [1.807, 2.05) is 19.1 Å². The highest BCUT2D eigenvalue weighted by Gasteiger charge is 2.26. The van der Waals surface area contributed by atoms with Gasteiger partial charge >= 0.3 is 5.69 Å². The second-order valence-corrected chi connectivity index (χ2v) is 8.83. The van der Waals surface area contributed by atoms with Gasteiger partial charge in [0.25, 0.3) is 0 Å². The van der Waals surface area contributed by atoms with Gasteiger partial charge in [-0.25, -0.2) is 8.42 Å². The molecular formula is C15H17N3O5S2. The molecule has 0 aliphatic rings. The van der Waals surface area contributed by atoms with Gasteiger partial charge in [0, 0.05) is 25.1 Å². The predicted octanol–water partition coefficient (Wildman–Crippen LogP) is 2.44. The summed E-state index contributed by atoms with van der Waals surface area (Å²) in [6.45, 7) is 1.77. The van der Waals surface area contributed by atoms with Gasteiger partial charge in [0.1, 0.15) is 4.21 Å². The lowest BCUT2D eigenvalue weighted by Gasteiger charge is -2.16. The molecule has 0 fully saturated rings. The summed E-state index contributed by atoms with van der Waals surface area (Å²) in [5, 5.41) is 14.0. The summed E-state index contributed by atoms with van der Waals surface area (Å²) in [6.07, 6.45) is 0.983. The van der Waals surface area contributed by atoms with E-state index in [1.54, 1.807) is 12.1 Å². The van der Waals surface area contributed by atoms with Crippen molar-refractivity contribution >= 4 is 43.5 Å². The fourth-order valence-electron chi connectivity index (χ4n) is 2.06. The minimum Gasteiger partial charge on any atom is -0.352 e. The number of nitrogens with one attached hydrogen (secondary N) is 1. The lowest BCUT2D eigenvalue weighted by Crippen LogP contribution is -2.29. The van der Waals surface area contributed by atoms with Crippen LogP contribution in [0.4, 0.5) is 16.4 Å². The maximum absolute atomic E-state index is 12.1. The molecule has 0 unspecified atom stereocenters. The summed E-state index contributed by atoms with van der Waals surface area (Å²) >= 11 is 0.769. The van der Waals surface area contributed by atoms with Crippen LogP contribution >= 0.6 is 11.3 Å². The predicted molar refractivity (Wildman–Crippen MR) is 97.2 cm³/mol. The zero-order valence-corrected chi connectivity index (χ0v) is 15.5. The Morgan fingerprint density at radius 3 is 2.44 bits per heavy atom. The Labute approximate surface area is 149 Å². The molecule has 134 valence electrons. The summed E-state index contributed by atoms with van der Waals surface area (Å²) in [5.41, 5.74) is 1.33. The van der Waals surface area contributed by atoms with Crippen molar-refractivity contribution in [3.05, 3.63) is 46.0 Å². The number of thiophene rings is 1. The molecule has 1 heterocycles. The van der Waals surface area contributed by atoms with Gasteiger partial charge in [-0.2, -0.15) is 0 Å². The molecule has 0 atom stereocenters. The molecule has 1 aromatic heterocycles. The minimum atomic E-state index is -3.57. The largest absolute Gasteiger partial charge is 0.352 e. The Morgan fingerprint density at radius 2 is 1.92 bits per heavy atom. The number of nitro groups is 1. The molecule has 25 heavy (non-hydrogen) atoms. The molecule has 1 aromatic carbocycles. The molecule has 0 saturated carbocycles. The van der Waals surface area contributed by atoms with Crippen LogP contribution in [0.5, 0.6) is 0 Å². The molecular weight excluding hydrogens is 366 g/mol. The normalized spacial score (nSPS) is 11.2. The smallest absolute Gasteiger partial charge is 0.305 e. The van der Waals surface area contributed by atoms with Gasteiger partial charge in [0.15, 0.2) is 14.8 Å². The van der Waals surface area contributed by atoms with Crippen molar-refractivity contribution in [1.82, 2.24) is 0 Å². The van der Waals surface area contributed by atoms with E-state index in [0.29, 0.717) is 5.69 Å². The molecule has 2 aromatic rings. The summed E-state index contributed by atoms with van der Waals surface area (Å²) < 4.78 is 23.1. The van der Waals surface area contributed by atoms with Crippen LogP contribution in [-0.2, 0) is 14.6 Å². The number of aryl methyl sites for hydroxylation is 1. The van der Waals surface area contributed by atoms with Crippen molar-refractivity contribution in [2.24, 2.45) is 0 Å². The van der Waals surface area contributed by atoms with Crippen molar-refractivity contribution < 1.29 is 18.1 Å². The Balaban J connectivity index is 2.18. The topological polar surface area (TPSA) is 110 Å². The molecule has 1 amide bonds. The van der Waals surface area contributed by atoms with Crippen LogP contribution in [0.3, 0.4) is 0 Å². The third-order valence-corrected chi connectivity index (χ3v) is 6.34. The van der Waals surface area contributed by atoms with Crippen LogP contribution < -0.4 is 10.2 Å². The first-order valence-electron chi connectivity index (χ1n) is 7.14. The lowest BCUT2D eigenvalue weighted by molar-refractivity contribution is -0.383. The maximum Gasteiger partial charge on any atom is 0.305 e. The van der Waals surface area contributed by atoms with E-state index in [4.69, 9.17) is 0 Å². The second-order valence-electron chi connectivity index (χ2n) is 5.56. The average Bonchev–Trinajstić information content (AvgIpc) is 2.95. The molecule has 10 heteroatoms. The van der Waals surface area contributed by atoms with Gasteiger partial charge in [0.2, 0.25) is 5.91 Å². The van der Waals surface area contributed by atoms with E-state index in [1.165, 1.54) is 11.9 Å². The second kappa shape index (κ2) is 7.19. The number of rotatable bonds is 6. The van der Waals surface area contributed by atoms with E-state index in [0.717, 1.165) is 29.2 Å². The number of carbonyl (C=O) groups excluding carboxylic acids is 1.